The molecule has 4 heteroatoms. The van der Waals surface area contributed by atoms with Gasteiger partial charge in [-0.25, -0.2) is 0 Å². The highest BCUT2D eigenvalue weighted by atomic mass is 16.5. The van der Waals surface area contributed by atoms with Gasteiger partial charge < -0.3 is 14.2 Å². The molecule has 0 unspecified atom stereocenters. The van der Waals surface area contributed by atoms with Crippen molar-refractivity contribution in [3.63, 3.8) is 0 Å². The van der Waals surface area contributed by atoms with Gasteiger partial charge in [-0.2, -0.15) is 5.26 Å². The molecule has 2 aromatic carbocycles. The second-order valence-electron chi connectivity index (χ2n) is 4.91. The van der Waals surface area contributed by atoms with Crippen LogP contribution >= 0.6 is 0 Å². The predicted molar refractivity (Wildman–Crippen MR) is 95.3 cm³/mol. The molecule has 2 rings (SSSR count). The number of nitriles is 1. The first-order valence-electron chi connectivity index (χ1n) is 7.36. The molecule has 0 aliphatic rings. The molecular formula is C20H19NO3. The lowest BCUT2D eigenvalue weighted by molar-refractivity contribution is 0.324. The van der Waals surface area contributed by atoms with Gasteiger partial charge in [-0.15, -0.1) is 0 Å². The van der Waals surface area contributed by atoms with Gasteiger partial charge in [-0.1, -0.05) is 36.4 Å². The Kier molecular flexibility index (Phi) is 6.04. The van der Waals surface area contributed by atoms with Crippen LogP contribution in [0.25, 0.3) is 12.2 Å². The Morgan fingerprint density at radius 2 is 1.33 bits per heavy atom. The molecule has 0 atom stereocenters. The largest absolute Gasteiger partial charge is 0.493 e. The van der Waals surface area contributed by atoms with E-state index < -0.39 is 0 Å². The van der Waals surface area contributed by atoms with Gasteiger partial charge in [0.2, 0.25) is 5.75 Å². The fourth-order valence-electron chi connectivity index (χ4n) is 2.20. The Morgan fingerprint density at radius 3 is 1.79 bits per heavy atom. The molecule has 0 radical (unpaired) electrons. The molecule has 0 saturated heterocycles. The summed E-state index contributed by atoms with van der Waals surface area (Å²) in [6.07, 6.45) is 7.78. The summed E-state index contributed by atoms with van der Waals surface area (Å²) in [5, 5.41) is 8.78. The smallest absolute Gasteiger partial charge is 0.203 e. The summed E-state index contributed by atoms with van der Waals surface area (Å²) in [4.78, 5) is 0. The number of methoxy groups -OCH3 is 3. The highest BCUT2D eigenvalue weighted by molar-refractivity contribution is 5.64. The number of benzene rings is 2. The van der Waals surface area contributed by atoms with Gasteiger partial charge in [0.1, 0.15) is 0 Å². The Hall–Kier alpha value is -3.19. The molecule has 0 heterocycles. The first-order chi connectivity index (χ1) is 11.7. The summed E-state index contributed by atoms with van der Waals surface area (Å²) in [5.41, 5.74) is 2.62. The van der Waals surface area contributed by atoms with Crippen LogP contribution < -0.4 is 14.2 Å². The first-order valence-corrected chi connectivity index (χ1v) is 7.36. The Balaban J connectivity index is 2.16. The van der Waals surface area contributed by atoms with Crippen molar-refractivity contribution in [3.05, 3.63) is 65.2 Å². The average Bonchev–Trinajstić information content (AvgIpc) is 2.64. The van der Waals surface area contributed by atoms with Crippen LogP contribution in [0.15, 0.2) is 48.6 Å². The average molecular weight is 321 g/mol. The van der Waals surface area contributed by atoms with Crippen LogP contribution in [0, 0.1) is 11.3 Å². The zero-order valence-electron chi connectivity index (χ0n) is 13.9. The second-order valence-corrected chi connectivity index (χ2v) is 4.91. The highest BCUT2D eigenvalue weighted by Crippen LogP contribution is 2.38. The Labute approximate surface area is 142 Å². The van der Waals surface area contributed by atoms with Crippen molar-refractivity contribution in [3.8, 4) is 23.3 Å². The van der Waals surface area contributed by atoms with Crippen LogP contribution in [0.1, 0.15) is 16.7 Å². The van der Waals surface area contributed by atoms with E-state index in [0.717, 1.165) is 11.1 Å². The molecule has 24 heavy (non-hydrogen) atoms. The third-order valence-corrected chi connectivity index (χ3v) is 3.42. The van der Waals surface area contributed by atoms with E-state index in [0.29, 0.717) is 22.8 Å². The van der Waals surface area contributed by atoms with Gasteiger partial charge >= 0.3 is 0 Å². The SMILES string of the molecule is COc1cc(/C=C/C=C/c2ccc(C#N)cc2)cc(OC)c1OC. The third-order valence-electron chi connectivity index (χ3n) is 3.42. The minimum atomic E-state index is 0.574. The van der Waals surface area contributed by atoms with E-state index in [2.05, 4.69) is 6.07 Å². The van der Waals surface area contributed by atoms with Gasteiger partial charge in [0.25, 0.3) is 0 Å². The van der Waals surface area contributed by atoms with E-state index in [1.807, 2.05) is 48.6 Å². The third kappa shape index (κ3) is 4.17. The van der Waals surface area contributed by atoms with Crippen molar-refractivity contribution in [2.24, 2.45) is 0 Å². The summed E-state index contributed by atoms with van der Waals surface area (Å²) >= 11 is 0. The molecule has 0 spiro atoms. The van der Waals surface area contributed by atoms with Crippen LogP contribution in [-0.4, -0.2) is 21.3 Å². The maximum Gasteiger partial charge on any atom is 0.203 e. The summed E-state index contributed by atoms with van der Waals surface area (Å²) in [6.45, 7) is 0. The maximum absolute atomic E-state index is 8.78. The molecule has 0 bridgehead atoms. The van der Waals surface area contributed by atoms with E-state index in [9.17, 15) is 0 Å². The van der Waals surface area contributed by atoms with Crippen molar-refractivity contribution in [2.45, 2.75) is 0 Å². The summed E-state index contributed by atoms with van der Waals surface area (Å²) in [7, 11) is 4.77. The number of allylic oxidation sites excluding steroid dienone is 2. The lowest BCUT2D eigenvalue weighted by Gasteiger charge is -2.12. The Bertz CT molecular complexity index is 759. The van der Waals surface area contributed by atoms with E-state index in [1.165, 1.54) is 0 Å². The van der Waals surface area contributed by atoms with Gasteiger partial charge in [0, 0.05) is 0 Å². The van der Waals surface area contributed by atoms with Crippen molar-refractivity contribution in [1.82, 2.24) is 0 Å². The monoisotopic (exact) mass is 321 g/mol. The molecule has 0 N–H and O–H groups in total. The lowest BCUT2D eigenvalue weighted by atomic mass is 10.1. The van der Waals surface area contributed by atoms with Crippen LogP contribution in [-0.2, 0) is 0 Å². The molecule has 0 aromatic heterocycles. The number of ether oxygens (including phenoxy) is 3. The fraction of sp³-hybridized carbons (Fsp3) is 0.150. The van der Waals surface area contributed by atoms with Gasteiger partial charge in [-0.3, -0.25) is 0 Å². The lowest BCUT2D eigenvalue weighted by Crippen LogP contribution is -1.95. The van der Waals surface area contributed by atoms with Crippen LogP contribution in [0.4, 0.5) is 0 Å². The molecule has 0 amide bonds. The standard InChI is InChI=1S/C20H19NO3/c1-22-18-12-17(13-19(23-2)20(18)24-3)7-5-4-6-15-8-10-16(14-21)11-9-15/h4-13H,1-3H3/b6-4+,7-5+. The first kappa shape index (κ1) is 17.2. The summed E-state index contributed by atoms with van der Waals surface area (Å²) in [6, 6.07) is 13.3. The molecule has 0 fully saturated rings. The molecule has 122 valence electrons. The van der Waals surface area contributed by atoms with Gasteiger partial charge in [0.15, 0.2) is 11.5 Å². The Morgan fingerprint density at radius 1 is 0.792 bits per heavy atom. The minimum Gasteiger partial charge on any atom is -0.493 e. The predicted octanol–water partition coefficient (Wildman–Crippen LogP) is 4.31. The summed E-state index contributed by atoms with van der Waals surface area (Å²) in [5.74, 6) is 1.81. The van der Waals surface area contributed by atoms with E-state index >= 15 is 0 Å². The fourth-order valence-corrected chi connectivity index (χ4v) is 2.20. The van der Waals surface area contributed by atoms with E-state index in [-0.39, 0.29) is 0 Å². The second kappa shape index (κ2) is 8.44. The molecule has 2 aromatic rings. The number of hydrogen-bond acceptors (Lipinski definition) is 4. The molecule has 0 aliphatic carbocycles. The number of hydrogen-bond donors (Lipinski definition) is 0. The van der Waals surface area contributed by atoms with Crippen molar-refractivity contribution < 1.29 is 14.2 Å². The normalized spacial score (nSPS) is 10.8. The topological polar surface area (TPSA) is 51.5 Å². The molecule has 4 nitrogen and oxygen atoms in total. The molecule has 0 saturated carbocycles. The van der Waals surface area contributed by atoms with Gasteiger partial charge in [0.05, 0.1) is 33.0 Å². The minimum absolute atomic E-state index is 0.574. The quantitative estimate of drug-likeness (QED) is 0.744. The molecule has 0 aliphatic heterocycles. The number of nitrogens with zero attached hydrogens (tertiary/aromatic N) is 1. The zero-order valence-corrected chi connectivity index (χ0v) is 13.9. The summed E-state index contributed by atoms with van der Waals surface area (Å²) < 4.78 is 16.0. The zero-order chi connectivity index (χ0) is 17.4. The maximum atomic E-state index is 8.78. The van der Waals surface area contributed by atoms with Crippen molar-refractivity contribution in [1.29, 1.82) is 5.26 Å². The van der Waals surface area contributed by atoms with E-state index in [1.54, 1.807) is 33.5 Å². The van der Waals surface area contributed by atoms with E-state index in [4.69, 9.17) is 19.5 Å². The molecular weight excluding hydrogens is 302 g/mol. The van der Waals surface area contributed by atoms with Crippen molar-refractivity contribution in [2.75, 3.05) is 21.3 Å². The van der Waals surface area contributed by atoms with Gasteiger partial charge in [-0.05, 0) is 35.4 Å². The van der Waals surface area contributed by atoms with Crippen LogP contribution in [0.5, 0.6) is 17.2 Å². The van der Waals surface area contributed by atoms with Crippen molar-refractivity contribution >= 4 is 12.2 Å². The highest BCUT2D eigenvalue weighted by Gasteiger charge is 2.11. The van der Waals surface area contributed by atoms with Crippen LogP contribution in [0.3, 0.4) is 0 Å². The van der Waals surface area contributed by atoms with Crippen LogP contribution in [0.2, 0.25) is 0 Å². The number of rotatable bonds is 6.